The maximum atomic E-state index is 12.3. The molecule has 0 saturated heterocycles. The molecule has 118 valence electrons. The molecule has 0 aromatic carbocycles. The van der Waals surface area contributed by atoms with E-state index in [1.807, 2.05) is 0 Å². The minimum absolute atomic E-state index is 0.113. The van der Waals surface area contributed by atoms with Crippen molar-refractivity contribution in [1.82, 2.24) is 10.6 Å². The molecule has 0 aromatic heterocycles. The average Bonchev–Trinajstić information content (AvgIpc) is 2.44. The van der Waals surface area contributed by atoms with Crippen LogP contribution in [0.25, 0.3) is 0 Å². The van der Waals surface area contributed by atoms with Crippen LogP contribution >= 0.6 is 0 Å². The molecule has 5 aliphatic carbocycles. The van der Waals surface area contributed by atoms with Crippen LogP contribution in [0.2, 0.25) is 0 Å². The number of carbonyl (C=O) groups excluding carboxylic acids is 1. The minimum Gasteiger partial charge on any atom is -0.338 e. The van der Waals surface area contributed by atoms with Gasteiger partial charge in [0.2, 0.25) is 0 Å². The van der Waals surface area contributed by atoms with Crippen LogP contribution in [0.1, 0.15) is 70.6 Å². The average molecular weight is 290 g/mol. The Morgan fingerprint density at radius 3 is 2.05 bits per heavy atom. The highest BCUT2D eigenvalue weighted by molar-refractivity contribution is 5.74. The number of nitrogens with one attached hydrogen (secondary N) is 2. The van der Waals surface area contributed by atoms with Crippen molar-refractivity contribution >= 4 is 6.03 Å². The van der Waals surface area contributed by atoms with Crippen molar-refractivity contribution in [3.05, 3.63) is 0 Å². The third kappa shape index (κ3) is 2.93. The van der Waals surface area contributed by atoms with E-state index >= 15 is 0 Å². The van der Waals surface area contributed by atoms with Gasteiger partial charge in [-0.25, -0.2) is 4.79 Å². The standard InChI is InChI=1S/C18H30N2O/c21-17(19-12-13-4-2-1-3-5-13)20-18-9-14-6-15(10-18)8-16(7-14)11-18/h13-16H,1-12H2,(H2,19,20,21). The Balaban J connectivity index is 1.30. The van der Waals surface area contributed by atoms with Crippen LogP contribution in [0.3, 0.4) is 0 Å². The van der Waals surface area contributed by atoms with E-state index in [-0.39, 0.29) is 11.6 Å². The maximum absolute atomic E-state index is 12.3. The molecule has 0 aliphatic heterocycles. The summed E-state index contributed by atoms with van der Waals surface area (Å²) >= 11 is 0. The fourth-order valence-corrected chi connectivity index (χ4v) is 6.18. The van der Waals surface area contributed by atoms with Gasteiger partial charge in [-0.15, -0.1) is 0 Å². The molecule has 0 atom stereocenters. The van der Waals surface area contributed by atoms with Gasteiger partial charge in [0.1, 0.15) is 0 Å². The molecule has 0 spiro atoms. The topological polar surface area (TPSA) is 41.1 Å². The van der Waals surface area contributed by atoms with E-state index in [4.69, 9.17) is 0 Å². The van der Waals surface area contributed by atoms with Crippen LogP contribution < -0.4 is 10.6 Å². The fraction of sp³-hybridized carbons (Fsp3) is 0.944. The molecule has 21 heavy (non-hydrogen) atoms. The zero-order chi connectivity index (χ0) is 14.3. The van der Waals surface area contributed by atoms with E-state index < -0.39 is 0 Å². The van der Waals surface area contributed by atoms with Gasteiger partial charge in [0.25, 0.3) is 0 Å². The second kappa shape index (κ2) is 5.48. The molecule has 0 unspecified atom stereocenters. The van der Waals surface area contributed by atoms with Crippen LogP contribution in [0, 0.1) is 23.7 Å². The Hall–Kier alpha value is -0.730. The first-order valence-corrected chi connectivity index (χ1v) is 9.27. The van der Waals surface area contributed by atoms with Gasteiger partial charge in [0.15, 0.2) is 0 Å². The zero-order valence-electron chi connectivity index (χ0n) is 13.2. The zero-order valence-corrected chi connectivity index (χ0v) is 13.2. The summed E-state index contributed by atoms with van der Waals surface area (Å²) in [6.07, 6.45) is 14.7. The van der Waals surface area contributed by atoms with Gasteiger partial charge in [-0.05, 0) is 75.0 Å². The lowest BCUT2D eigenvalue weighted by Crippen LogP contribution is -2.61. The summed E-state index contributed by atoms with van der Waals surface area (Å²) in [4.78, 5) is 12.3. The van der Waals surface area contributed by atoms with Crippen LogP contribution in [-0.4, -0.2) is 18.1 Å². The Labute approximate surface area is 128 Å². The van der Waals surface area contributed by atoms with Crippen molar-refractivity contribution in [3.8, 4) is 0 Å². The second-order valence-corrected chi connectivity index (χ2v) is 8.54. The summed E-state index contributed by atoms with van der Waals surface area (Å²) in [7, 11) is 0. The molecule has 5 aliphatic rings. The summed E-state index contributed by atoms with van der Waals surface area (Å²) in [5.41, 5.74) is 0.158. The van der Waals surface area contributed by atoms with Crippen molar-refractivity contribution in [1.29, 1.82) is 0 Å². The van der Waals surface area contributed by atoms with Crippen molar-refractivity contribution < 1.29 is 4.79 Å². The molecule has 2 amide bonds. The number of urea groups is 1. The monoisotopic (exact) mass is 290 g/mol. The smallest absolute Gasteiger partial charge is 0.315 e. The maximum Gasteiger partial charge on any atom is 0.315 e. The van der Waals surface area contributed by atoms with Gasteiger partial charge in [0.05, 0.1) is 0 Å². The van der Waals surface area contributed by atoms with Gasteiger partial charge in [-0.3, -0.25) is 0 Å². The molecule has 0 heterocycles. The second-order valence-electron chi connectivity index (χ2n) is 8.54. The van der Waals surface area contributed by atoms with E-state index in [2.05, 4.69) is 10.6 Å². The summed E-state index contributed by atoms with van der Waals surface area (Å²) in [6, 6.07) is 0.113. The molecule has 3 heteroatoms. The molecule has 5 fully saturated rings. The first kappa shape index (κ1) is 13.9. The van der Waals surface area contributed by atoms with E-state index in [0.29, 0.717) is 0 Å². The number of amides is 2. The molecule has 3 nitrogen and oxygen atoms in total. The van der Waals surface area contributed by atoms with E-state index in [0.717, 1.165) is 30.2 Å². The number of carbonyl (C=O) groups is 1. The van der Waals surface area contributed by atoms with Gasteiger partial charge >= 0.3 is 6.03 Å². The Morgan fingerprint density at radius 1 is 0.905 bits per heavy atom. The first-order valence-electron chi connectivity index (χ1n) is 9.27. The third-order valence-corrected chi connectivity index (χ3v) is 6.69. The quantitative estimate of drug-likeness (QED) is 0.815. The molecular weight excluding hydrogens is 260 g/mol. The van der Waals surface area contributed by atoms with Gasteiger partial charge in [-0.1, -0.05) is 19.3 Å². The largest absolute Gasteiger partial charge is 0.338 e. The predicted octanol–water partition coefficient (Wildman–Crippen LogP) is 3.83. The van der Waals surface area contributed by atoms with Crippen molar-refractivity contribution in [2.75, 3.05) is 6.54 Å². The molecule has 5 saturated carbocycles. The highest BCUT2D eigenvalue weighted by Crippen LogP contribution is 2.55. The summed E-state index contributed by atoms with van der Waals surface area (Å²) in [6.45, 7) is 0.887. The van der Waals surface area contributed by atoms with Crippen LogP contribution in [-0.2, 0) is 0 Å². The van der Waals surface area contributed by atoms with E-state index in [1.165, 1.54) is 70.6 Å². The first-order chi connectivity index (χ1) is 10.2. The van der Waals surface area contributed by atoms with Crippen LogP contribution in [0.4, 0.5) is 4.79 Å². The Bertz CT molecular complexity index is 365. The molecular formula is C18H30N2O. The van der Waals surface area contributed by atoms with Crippen LogP contribution in [0.15, 0.2) is 0 Å². The summed E-state index contributed by atoms with van der Waals surface area (Å²) < 4.78 is 0. The highest BCUT2D eigenvalue weighted by Gasteiger charge is 2.51. The molecule has 0 aromatic rings. The van der Waals surface area contributed by atoms with Gasteiger partial charge in [0, 0.05) is 12.1 Å². The minimum atomic E-state index is 0.113. The number of hydrogen-bond acceptors (Lipinski definition) is 1. The lowest BCUT2D eigenvalue weighted by atomic mass is 9.53. The number of hydrogen-bond donors (Lipinski definition) is 2. The number of rotatable bonds is 3. The van der Waals surface area contributed by atoms with Gasteiger partial charge < -0.3 is 10.6 Å². The van der Waals surface area contributed by atoms with E-state index in [9.17, 15) is 4.79 Å². The van der Waals surface area contributed by atoms with Crippen LogP contribution in [0.5, 0.6) is 0 Å². The lowest BCUT2D eigenvalue weighted by molar-refractivity contribution is -0.0135. The van der Waals surface area contributed by atoms with E-state index in [1.54, 1.807) is 0 Å². The SMILES string of the molecule is O=C(NCC1CCCCC1)NC12CC3CC(CC(C3)C1)C2. The lowest BCUT2D eigenvalue weighted by Gasteiger charge is -2.56. The Morgan fingerprint density at radius 2 is 1.48 bits per heavy atom. The molecule has 0 radical (unpaired) electrons. The third-order valence-electron chi connectivity index (χ3n) is 6.69. The fourth-order valence-electron chi connectivity index (χ4n) is 6.18. The summed E-state index contributed by atoms with van der Waals surface area (Å²) in [5, 5.41) is 6.59. The normalized spacial score (nSPS) is 42.0. The molecule has 2 N–H and O–H groups in total. The molecule has 5 rings (SSSR count). The predicted molar refractivity (Wildman–Crippen MR) is 84.0 cm³/mol. The van der Waals surface area contributed by atoms with Crippen molar-refractivity contribution in [3.63, 3.8) is 0 Å². The van der Waals surface area contributed by atoms with Gasteiger partial charge in [-0.2, -0.15) is 0 Å². The van der Waals surface area contributed by atoms with Crippen molar-refractivity contribution in [2.45, 2.75) is 76.2 Å². The Kier molecular flexibility index (Phi) is 3.63. The molecule has 4 bridgehead atoms. The van der Waals surface area contributed by atoms with Crippen molar-refractivity contribution in [2.24, 2.45) is 23.7 Å². The summed E-state index contributed by atoms with van der Waals surface area (Å²) in [5.74, 6) is 3.42. The highest BCUT2D eigenvalue weighted by atomic mass is 16.2.